The van der Waals surface area contributed by atoms with Gasteiger partial charge in [0.1, 0.15) is 0 Å². The standard InChI is InChI=1S/C10H14IN5/c1-2-14-10(15-9(12)13)16(11)8-6-4-3-5-7-8/h3-7H,2H2,1H3,(H4,12,13,14,15). The predicted molar refractivity (Wildman–Crippen MR) is 76.7 cm³/mol. The van der Waals surface area contributed by atoms with E-state index in [9.17, 15) is 0 Å². The van der Waals surface area contributed by atoms with E-state index in [1.165, 1.54) is 0 Å². The molecule has 0 bridgehead atoms. The van der Waals surface area contributed by atoms with E-state index in [0.717, 1.165) is 5.69 Å². The van der Waals surface area contributed by atoms with Gasteiger partial charge in [-0.3, -0.25) is 8.11 Å². The van der Waals surface area contributed by atoms with Crippen molar-refractivity contribution in [2.24, 2.45) is 21.5 Å². The van der Waals surface area contributed by atoms with Gasteiger partial charge in [0.05, 0.1) is 28.6 Å². The van der Waals surface area contributed by atoms with Crippen LogP contribution in [-0.4, -0.2) is 18.5 Å². The average molecular weight is 331 g/mol. The van der Waals surface area contributed by atoms with Crippen LogP contribution >= 0.6 is 22.9 Å². The van der Waals surface area contributed by atoms with Gasteiger partial charge < -0.3 is 11.5 Å². The summed E-state index contributed by atoms with van der Waals surface area (Å²) in [5, 5.41) is 0. The third-order valence-corrected chi connectivity index (χ3v) is 2.68. The van der Waals surface area contributed by atoms with Crippen LogP contribution in [0.15, 0.2) is 40.3 Å². The molecule has 1 rings (SSSR count). The van der Waals surface area contributed by atoms with Gasteiger partial charge in [-0.15, -0.1) is 0 Å². The van der Waals surface area contributed by atoms with Gasteiger partial charge in [-0.05, 0) is 19.1 Å². The highest BCUT2D eigenvalue weighted by molar-refractivity contribution is 14.1. The number of halogens is 1. The molecule has 0 aliphatic carbocycles. The summed E-state index contributed by atoms with van der Waals surface area (Å²) in [5.41, 5.74) is 11.7. The Kier molecular flexibility index (Phi) is 5.03. The maximum absolute atomic E-state index is 5.36. The number of nitrogens with two attached hydrogens (primary N) is 2. The molecule has 1 aromatic carbocycles. The Morgan fingerprint density at radius 1 is 1.31 bits per heavy atom. The van der Waals surface area contributed by atoms with Crippen molar-refractivity contribution in [2.45, 2.75) is 6.92 Å². The van der Waals surface area contributed by atoms with E-state index >= 15 is 0 Å². The summed E-state index contributed by atoms with van der Waals surface area (Å²) in [6.45, 7) is 2.55. The van der Waals surface area contributed by atoms with E-state index in [4.69, 9.17) is 11.5 Å². The van der Waals surface area contributed by atoms with E-state index in [1.807, 2.05) is 37.3 Å². The van der Waals surface area contributed by atoms with Crippen LogP contribution in [-0.2, 0) is 0 Å². The van der Waals surface area contributed by atoms with Crippen LogP contribution in [0.2, 0.25) is 0 Å². The number of aliphatic imine (C=N–C) groups is 2. The Balaban J connectivity index is 2.97. The molecule has 0 aromatic heterocycles. The molecule has 0 unspecified atom stereocenters. The van der Waals surface area contributed by atoms with Crippen molar-refractivity contribution in [1.82, 2.24) is 0 Å². The van der Waals surface area contributed by atoms with Gasteiger partial charge in [0.2, 0.25) is 5.96 Å². The van der Waals surface area contributed by atoms with E-state index in [2.05, 4.69) is 32.8 Å². The average Bonchev–Trinajstić information content (AvgIpc) is 2.28. The fraction of sp³-hybridized carbons (Fsp3) is 0.200. The SMILES string of the molecule is CCN=C(N=C(N)N)N(I)c1ccccc1. The minimum Gasteiger partial charge on any atom is -0.370 e. The minimum absolute atomic E-state index is 0.00444. The molecule has 6 heteroatoms. The smallest absolute Gasteiger partial charge is 0.237 e. The van der Waals surface area contributed by atoms with Crippen LogP contribution in [0.3, 0.4) is 0 Å². The third-order valence-electron chi connectivity index (χ3n) is 1.69. The van der Waals surface area contributed by atoms with Crippen LogP contribution in [0.1, 0.15) is 6.92 Å². The highest BCUT2D eigenvalue weighted by atomic mass is 127. The fourth-order valence-electron chi connectivity index (χ4n) is 1.07. The normalized spacial score (nSPS) is 11.0. The number of hydrogen-bond acceptors (Lipinski definition) is 1. The zero-order chi connectivity index (χ0) is 12.0. The van der Waals surface area contributed by atoms with E-state index in [-0.39, 0.29) is 5.96 Å². The van der Waals surface area contributed by atoms with Gasteiger partial charge in [0, 0.05) is 6.54 Å². The van der Waals surface area contributed by atoms with Gasteiger partial charge in [0.15, 0.2) is 5.96 Å². The van der Waals surface area contributed by atoms with Crippen molar-refractivity contribution in [2.75, 3.05) is 9.66 Å². The molecular formula is C10H14IN5. The Hall–Kier alpha value is -1.31. The number of hydrogen-bond donors (Lipinski definition) is 2. The van der Waals surface area contributed by atoms with Crippen LogP contribution in [0.25, 0.3) is 0 Å². The molecule has 0 fully saturated rings. The number of para-hydroxylation sites is 1. The Bertz CT molecular complexity index is 383. The van der Waals surface area contributed by atoms with Gasteiger partial charge in [-0.1, -0.05) is 18.2 Å². The number of guanidine groups is 2. The molecule has 16 heavy (non-hydrogen) atoms. The summed E-state index contributed by atoms with van der Waals surface area (Å²) >= 11 is 2.11. The zero-order valence-electron chi connectivity index (χ0n) is 8.97. The van der Waals surface area contributed by atoms with E-state index < -0.39 is 0 Å². The second-order valence-corrected chi connectivity index (χ2v) is 3.89. The molecule has 0 aliphatic rings. The Morgan fingerprint density at radius 3 is 2.44 bits per heavy atom. The first kappa shape index (κ1) is 12.8. The summed E-state index contributed by atoms with van der Waals surface area (Å²) < 4.78 is 1.81. The summed E-state index contributed by atoms with van der Waals surface area (Å²) in [6.07, 6.45) is 0. The number of benzene rings is 1. The van der Waals surface area contributed by atoms with Crippen LogP contribution in [0.4, 0.5) is 5.69 Å². The monoisotopic (exact) mass is 331 g/mol. The van der Waals surface area contributed by atoms with Crippen LogP contribution < -0.4 is 14.6 Å². The Morgan fingerprint density at radius 2 is 1.94 bits per heavy atom. The first-order valence-electron chi connectivity index (χ1n) is 4.80. The molecule has 4 N–H and O–H groups in total. The quantitative estimate of drug-likeness (QED) is 0.373. The molecule has 0 saturated heterocycles. The molecule has 0 saturated carbocycles. The Labute approximate surface area is 109 Å². The second-order valence-electron chi connectivity index (χ2n) is 2.93. The van der Waals surface area contributed by atoms with Gasteiger partial charge in [-0.25, -0.2) is 0 Å². The first-order chi connectivity index (χ1) is 7.65. The van der Waals surface area contributed by atoms with Crippen LogP contribution in [0.5, 0.6) is 0 Å². The lowest BCUT2D eigenvalue weighted by Crippen LogP contribution is -2.28. The van der Waals surface area contributed by atoms with Crippen molar-refractivity contribution in [1.29, 1.82) is 0 Å². The summed E-state index contributed by atoms with van der Waals surface area (Å²) in [6, 6.07) is 9.75. The maximum atomic E-state index is 5.36. The maximum Gasteiger partial charge on any atom is 0.237 e. The number of anilines is 1. The molecule has 0 amide bonds. The molecule has 0 aliphatic heterocycles. The van der Waals surface area contributed by atoms with Crippen LogP contribution in [0, 0.1) is 0 Å². The lowest BCUT2D eigenvalue weighted by Gasteiger charge is -2.15. The van der Waals surface area contributed by atoms with Gasteiger partial charge >= 0.3 is 0 Å². The minimum atomic E-state index is 0.00444. The van der Waals surface area contributed by atoms with Crippen molar-refractivity contribution in [3.8, 4) is 0 Å². The van der Waals surface area contributed by atoms with Gasteiger partial charge in [0.25, 0.3) is 0 Å². The molecule has 0 heterocycles. The number of nitrogens with zero attached hydrogens (tertiary/aromatic N) is 3. The summed E-state index contributed by atoms with van der Waals surface area (Å²) in [5.74, 6) is 0.499. The van der Waals surface area contributed by atoms with Gasteiger partial charge in [-0.2, -0.15) is 4.99 Å². The lowest BCUT2D eigenvalue weighted by molar-refractivity contribution is 1.11. The molecular weight excluding hydrogens is 317 g/mol. The summed E-state index contributed by atoms with van der Waals surface area (Å²) in [4.78, 5) is 8.21. The second kappa shape index (κ2) is 6.31. The fourth-order valence-corrected chi connectivity index (χ4v) is 1.65. The predicted octanol–water partition coefficient (Wildman–Crippen LogP) is 1.49. The highest BCUT2D eigenvalue weighted by Crippen LogP contribution is 2.18. The first-order valence-corrected chi connectivity index (χ1v) is 5.76. The molecule has 0 radical (unpaired) electrons. The van der Waals surface area contributed by atoms with Crippen molar-refractivity contribution >= 4 is 40.5 Å². The third kappa shape index (κ3) is 3.69. The number of rotatable bonds is 2. The molecule has 1 aromatic rings. The largest absolute Gasteiger partial charge is 0.370 e. The molecule has 5 nitrogen and oxygen atoms in total. The molecule has 0 spiro atoms. The van der Waals surface area contributed by atoms with Crippen molar-refractivity contribution in [3.05, 3.63) is 30.3 Å². The lowest BCUT2D eigenvalue weighted by atomic mass is 10.3. The topological polar surface area (TPSA) is 80.0 Å². The molecule has 0 atom stereocenters. The molecule has 86 valence electrons. The van der Waals surface area contributed by atoms with Crippen molar-refractivity contribution in [3.63, 3.8) is 0 Å². The van der Waals surface area contributed by atoms with E-state index in [1.54, 1.807) is 3.11 Å². The zero-order valence-corrected chi connectivity index (χ0v) is 11.1. The van der Waals surface area contributed by atoms with E-state index in [0.29, 0.717) is 12.5 Å². The highest BCUT2D eigenvalue weighted by Gasteiger charge is 2.09. The summed E-state index contributed by atoms with van der Waals surface area (Å²) in [7, 11) is 0. The van der Waals surface area contributed by atoms with Crippen molar-refractivity contribution < 1.29 is 0 Å².